The van der Waals surface area contributed by atoms with Crippen molar-refractivity contribution in [3.8, 4) is 0 Å². The summed E-state index contributed by atoms with van der Waals surface area (Å²) >= 11 is 0. The number of rotatable bonds is 8. The smallest absolute Gasteiger partial charge is 0.309 e. The topological polar surface area (TPSA) is 109 Å². The third-order valence-corrected chi connectivity index (χ3v) is 6.16. The Morgan fingerprint density at radius 2 is 1.71 bits per heavy atom. The highest BCUT2D eigenvalue weighted by Crippen LogP contribution is 2.29. The van der Waals surface area contributed by atoms with Gasteiger partial charge in [0.1, 0.15) is 11.0 Å². The van der Waals surface area contributed by atoms with Crippen molar-refractivity contribution in [2.75, 3.05) is 33.7 Å². The molecule has 0 bridgehead atoms. The van der Waals surface area contributed by atoms with Crippen LogP contribution in [-0.4, -0.2) is 58.9 Å². The molecule has 1 heterocycles. The first-order valence-corrected chi connectivity index (χ1v) is 10.3. The molecule has 0 aliphatic rings. The Balaban J connectivity index is 2.11. The minimum Gasteiger partial charge on any atom is -0.468 e. The molecule has 0 spiro atoms. The Hall–Kier alpha value is -2.65. The van der Waals surface area contributed by atoms with Crippen molar-refractivity contribution in [1.29, 1.82) is 0 Å². The van der Waals surface area contributed by atoms with E-state index in [1.165, 1.54) is 24.5 Å². The molecule has 2 rings (SSSR count). The van der Waals surface area contributed by atoms with E-state index in [9.17, 15) is 18.0 Å². The quantitative estimate of drug-likeness (QED) is 0.630. The van der Waals surface area contributed by atoms with E-state index >= 15 is 0 Å². The average molecular weight is 407 g/mol. The monoisotopic (exact) mass is 407 g/mol. The molecule has 9 heteroatoms. The van der Waals surface area contributed by atoms with Gasteiger partial charge in [0.2, 0.25) is 0 Å². The molecule has 0 aliphatic heterocycles. The first-order chi connectivity index (χ1) is 13.2. The summed E-state index contributed by atoms with van der Waals surface area (Å²) in [5.74, 6) is -1.52. The maximum absolute atomic E-state index is 13.1. The molecule has 1 aromatic carbocycles. The summed E-state index contributed by atoms with van der Waals surface area (Å²) in [5, 5.41) is 3.73. The highest BCUT2D eigenvalue weighted by Gasteiger charge is 2.32. The van der Waals surface area contributed by atoms with Gasteiger partial charge in [0.25, 0.3) is 0 Å². The molecule has 1 atom stereocenters. The van der Waals surface area contributed by atoms with Crippen molar-refractivity contribution in [3.05, 3.63) is 54.0 Å². The first-order valence-electron chi connectivity index (χ1n) is 8.76. The van der Waals surface area contributed by atoms with E-state index in [1.807, 2.05) is 25.9 Å². The number of sulfone groups is 1. The third kappa shape index (κ3) is 5.67. The standard InChI is InChI=1S/C19H25N3O5S/c1-14-6-8-15(9-7-14)28(25,26)17(16-5-4-12-27-16)13-21-19(24)18(23)20-10-11-22(2)3/h4-9,12,17H,10-11,13H2,1-3H3,(H,20,23)(H,21,24)/t17-/m0/s1. The third-order valence-electron chi connectivity index (χ3n) is 4.08. The largest absolute Gasteiger partial charge is 0.468 e. The second-order valence-electron chi connectivity index (χ2n) is 6.63. The number of hydrogen-bond donors (Lipinski definition) is 2. The average Bonchev–Trinajstić information content (AvgIpc) is 3.15. The molecule has 1 aromatic heterocycles. The molecule has 2 amide bonds. The van der Waals surface area contributed by atoms with Gasteiger partial charge in [-0.15, -0.1) is 0 Å². The molecular weight excluding hydrogens is 382 g/mol. The Morgan fingerprint density at radius 3 is 2.29 bits per heavy atom. The van der Waals surface area contributed by atoms with Gasteiger partial charge in [0.05, 0.1) is 11.2 Å². The number of aryl methyl sites for hydroxylation is 1. The zero-order chi connectivity index (χ0) is 20.7. The fraction of sp³-hybridized carbons (Fsp3) is 0.368. The molecule has 28 heavy (non-hydrogen) atoms. The number of furan rings is 1. The van der Waals surface area contributed by atoms with E-state index in [0.717, 1.165) is 5.56 Å². The number of nitrogens with one attached hydrogen (secondary N) is 2. The van der Waals surface area contributed by atoms with E-state index in [1.54, 1.807) is 18.2 Å². The van der Waals surface area contributed by atoms with Gasteiger partial charge >= 0.3 is 11.8 Å². The number of nitrogens with zero attached hydrogens (tertiary/aromatic N) is 1. The first kappa shape index (κ1) is 21.6. The maximum atomic E-state index is 13.1. The van der Waals surface area contributed by atoms with Crippen LogP contribution < -0.4 is 10.6 Å². The van der Waals surface area contributed by atoms with Crippen molar-refractivity contribution >= 4 is 21.7 Å². The van der Waals surface area contributed by atoms with E-state index in [2.05, 4.69) is 10.6 Å². The zero-order valence-electron chi connectivity index (χ0n) is 16.1. The normalized spacial score (nSPS) is 12.6. The van der Waals surface area contributed by atoms with E-state index < -0.39 is 26.9 Å². The molecule has 0 fully saturated rings. The van der Waals surface area contributed by atoms with E-state index in [4.69, 9.17) is 4.42 Å². The predicted octanol–water partition coefficient (Wildman–Crippen LogP) is 0.897. The lowest BCUT2D eigenvalue weighted by molar-refractivity contribution is -0.139. The summed E-state index contributed by atoms with van der Waals surface area (Å²) in [6.07, 6.45) is 1.36. The molecule has 0 aliphatic carbocycles. The number of benzene rings is 1. The Bertz CT molecular complexity index is 890. The summed E-state index contributed by atoms with van der Waals surface area (Å²) in [7, 11) is -0.150. The maximum Gasteiger partial charge on any atom is 0.309 e. The molecule has 2 N–H and O–H groups in total. The van der Waals surface area contributed by atoms with Gasteiger partial charge < -0.3 is 20.0 Å². The molecule has 8 nitrogen and oxygen atoms in total. The van der Waals surface area contributed by atoms with Gasteiger partial charge in [-0.3, -0.25) is 9.59 Å². The van der Waals surface area contributed by atoms with Crippen LogP contribution in [0.1, 0.15) is 16.6 Å². The Labute approximate surface area is 164 Å². The van der Waals surface area contributed by atoms with Crippen LogP contribution in [0.15, 0.2) is 52.0 Å². The highest BCUT2D eigenvalue weighted by atomic mass is 32.2. The molecule has 0 saturated carbocycles. The molecular formula is C19H25N3O5S. The van der Waals surface area contributed by atoms with Gasteiger partial charge in [-0.2, -0.15) is 0 Å². The van der Waals surface area contributed by atoms with Crippen LogP contribution in [0.4, 0.5) is 0 Å². The molecule has 152 valence electrons. The minimum absolute atomic E-state index is 0.115. The number of amides is 2. The van der Waals surface area contributed by atoms with Gasteiger partial charge in [-0.1, -0.05) is 17.7 Å². The van der Waals surface area contributed by atoms with Gasteiger partial charge in [0, 0.05) is 19.6 Å². The lowest BCUT2D eigenvalue weighted by Gasteiger charge is -2.17. The van der Waals surface area contributed by atoms with Crippen molar-refractivity contribution in [1.82, 2.24) is 15.5 Å². The SMILES string of the molecule is Cc1ccc(S(=O)(=O)[C@@H](CNC(=O)C(=O)NCCN(C)C)c2ccco2)cc1. The molecule has 0 saturated heterocycles. The fourth-order valence-corrected chi connectivity index (χ4v) is 4.06. The Kier molecular flexibility index (Phi) is 7.36. The van der Waals surface area contributed by atoms with Crippen molar-refractivity contribution < 1.29 is 22.4 Å². The van der Waals surface area contributed by atoms with Gasteiger partial charge in [0.15, 0.2) is 9.84 Å². The lowest BCUT2D eigenvalue weighted by Crippen LogP contribution is -2.43. The van der Waals surface area contributed by atoms with Crippen LogP contribution in [0.5, 0.6) is 0 Å². The number of likely N-dealkylation sites (N-methyl/N-ethyl adjacent to an activating group) is 1. The summed E-state index contributed by atoms with van der Waals surface area (Å²) in [4.78, 5) is 25.9. The van der Waals surface area contributed by atoms with Crippen LogP contribution in [0.3, 0.4) is 0 Å². The summed E-state index contributed by atoms with van der Waals surface area (Å²) in [5.41, 5.74) is 0.927. The zero-order valence-corrected chi connectivity index (χ0v) is 17.0. The molecule has 2 aromatic rings. The number of carbonyl (C=O) groups is 2. The van der Waals surface area contributed by atoms with E-state index in [-0.39, 0.29) is 17.2 Å². The molecule has 0 radical (unpaired) electrons. The second kappa shape index (κ2) is 9.52. The van der Waals surface area contributed by atoms with Crippen molar-refractivity contribution in [2.24, 2.45) is 0 Å². The molecule has 0 unspecified atom stereocenters. The van der Waals surface area contributed by atoms with Crippen LogP contribution in [0, 0.1) is 6.92 Å². The highest BCUT2D eigenvalue weighted by molar-refractivity contribution is 7.91. The summed E-state index contributed by atoms with van der Waals surface area (Å²) < 4.78 is 31.4. The summed E-state index contributed by atoms with van der Waals surface area (Å²) in [6.45, 7) is 2.46. The van der Waals surface area contributed by atoms with Crippen LogP contribution >= 0.6 is 0 Å². The van der Waals surface area contributed by atoms with Crippen LogP contribution in [0.2, 0.25) is 0 Å². The number of carbonyl (C=O) groups excluding carboxylic acids is 2. The minimum atomic E-state index is -3.84. The van der Waals surface area contributed by atoms with Crippen LogP contribution in [0.25, 0.3) is 0 Å². The van der Waals surface area contributed by atoms with E-state index in [0.29, 0.717) is 13.1 Å². The van der Waals surface area contributed by atoms with Crippen LogP contribution in [-0.2, 0) is 19.4 Å². The second-order valence-corrected chi connectivity index (χ2v) is 8.76. The fourth-order valence-electron chi connectivity index (χ4n) is 2.47. The Morgan fingerprint density at radius 1 is 1.07 bits per heavy atom. The van der Waals surface area contributed by atoms with Crippen molar-refractivity contribution in [3.63, 3.8) is 0 Å². The summed E-state index contributed by atoms with van der Waals surface area (Å²) in [6, 6.07) is 9.51. The van der Waals surface area contributed by atoms with Gasteiger partial charge in [-0.05, 0) is 45.3 Å². The van der Waals surface area contributed by atoms with Crippen molar-refractivity contribution in [2.45, 2.75) is 17.1 Å². The predicted molar refractivity (Wildman–Crippen MR) is 104 cm³/mol. The number of hydrogen-bond acceptors (Lipinski definition) is 6. The van der Waals surface area contributed by atoms with Gasteiger partial charge in [-0.25, -0.2) is 8.42 Å². The lowest BCUT2D eigenvalue weighted by atomic mass is 10.2.